The maximum Gasteiger partial charge on any atom is 0.325 e. The molecule has 8 heteroatoms. The van der Waals surface area contributed by atoms with Crippen LogP contribution in [0, 0.1) is 0 Å². The lowest BCUT2D eigenvalue weighted by molar-refractivity contribution is -0.134. The van der Waals surface area contributed by atoms with E-state index in [1.807, 2.05) is 12.1 Å². The van der Waals surface area contributed by atoms with Crippen LogP contribution in [0.2, 0.25) is 0 Å². The number of imide groups is 1. The van der Waals surface area contributed by atoms with Crippen molar-refractivity contribution >= 4 is 35.9 Å². The van der Waals surface area contributed by atoms with E-state index in [1.165, 1.54) is 0 Å². The highest BCUT2D eigenvalue weighted by Gasteiger charge is 2.51. The van der Waals surface area contributed by atoms with Crippen molar-refractivity contribution in [1.29, 1.82) is 0 Å². The molecule has 1 aromatic rings. The zero-order valence-corrected chi connectivity index (χ0v) is 14.7. The quantitative estimate of drug-likeness (QED) is 0.706. The minimum Gasteiger partial charge on any atom is -0.326 e. The van der Waals surface area contributed by atoms with Crippen molar-refractivity contribution in [3.05, 3.63) is 29.8 Å². The molecular weight excluding hydrogens is 344 g/mol. The first-order valence-corrected chi connectivity index (χ1v) is 8.27. The molecule has 4 N–H and O–H groups in total. The molecule has 136 valence electrons. The molecule has 0 bridgehead atoms. The summed E-state index contributed by atoms with van der Waals surface area (Å²) in [6.45, 7) is 0.157. The molecule has 7 nitrogen and oxygen atoms in total. The van der Waals surface area contributed by atoms with Gasteiger partial charge in [-0.1, -0.05) is 31.4 Å². The zero-order chi connectivity index (χ0) is 17.2. The number of rotatable bonds is 4. The molecular formula is C17H23ClN4O3. The van der Waals surface area contributed by atoms with Crippen LogP contribution in [0.5, 0.6) is 0 Å². The second-order valence-corrected chi connectivity index (χ2v) is 6.41. The van der Waals surface area contributed by atoms with E-state index in [1.54, 1.807) is 12.1 Å². The highest BCUT2D eigenvalue weighted by atomic mass is 35.5. The van der Waals surface area contributed by atoms with Gasteiger partial charge in [-0.15, -0.1) is 12.4 Å². The van der Waals surface area contributed by atoms with Crippen molar-refractivity contribution in [2.24, 2.45) is 5.73 Å². The van der Waals surface area contributed by atoms with Crippen LogP contribution in [0.4, 0.5) is 10.5 Å². The summed E-state index contributed by atoms with van der Waals surface area (Å²) in [6.07, 6.45) is 4.20. The molecule has 1 spiro atoms. The number of nitrogens with zero attached hydrogens (tertiary/aromatic N) is 1. The normalized spacial score (nSPS) is 18.7. The van der Waals surface area contributed by atoms with E-state index in [-0.39, 0.29) is 24.9 Å². The Morgan fingerprint density at radius 1 is 1.16 bits per heavy atom. The first-order valence-electron chi connectivity index (χ1n) is 8.27. The molecule has 0 atom stereocenters. The van der Waals surface area contributed by atoms with Crippen molar-refractivity contribution in [3.63, 3.8) is 0 Å². The Kier molecular flexibility index (Phi) is 6.02. The summed E-state index contributed by atoms with van der Waals surface area (Å²) >= 11 is 0. The number of halogens is 1. The first kappa shape index (κ1) is 19.2. The van der Waals surface area contributed by atoms with Crippen molar-refractivity contribution in [3.8, 4) is 0 Å². The third kappa shape index (κ3) is 3.93. The molecule has 0 aromatic heterocycles. The molecule has 1 aromatic carbocycles. The van der Waals surface area contributed by atoms with Crippen LogP contribution in [-0.2, 0) is 16.1 Å². The third-order valence-corrected chi connectivity index (χ3v) is 4.73. The van der Waals surface area contributed by atoms with Gasteiger partial charge in [0.05, 0.1) is 0 Å². The molecule has 2 aliphatic rings. The van der Waals surface area contributed by atoms with Crippen LogP contribution >= 0.6 is 12.4 Å². The first-order chi connectivity index (χ1) is 11.5. The van der Waals surface area contributed by atoms with Crippen molar-refractivity contribution in [2.75, 3.05) is 11.9 Å². The van der Waals surface area contributed by atoms with Crippen molar-refractivity contribution in [2.45, 2.75) is 44.2 Å². The van der Waals surface area contributed by atoms with Crippen LogP contribution in [0.15, 0.2) is 24.3 Å². The topological polar surface area (TPSA) is 105 Å². The van der Waals surface area contributed by atoms with Crippen LogP contribution in [0.1, 0.15) is 37.7 Å². The average Bonchev–Trinajstić information content (AvgIpc) is 2.80. The molecule has 3 rings (SSSR count). The predicted molar refractivity (Wildman–Crippen MR) is 96.3 cm³/mol. The molecule has 25 heavy (non-hydrogen) atoms. The van der Waals surface area contributed by atoms with E-state index in [4.69, 9.17) is 5.73 Å². The van der Waals surface area contributed by atoms with Gasteiger partial charge in [0.15, 0.2) is 0 Å². The van der Waals surface area contributed by atoms with E-state index >= 15 is 0 Å². The minimum absolute atomic E-state index is 0. The van der Waals surface area contributed by atoms with Crippen LogP contribution in [-0.4, -0.2) is 34.8 Å². The van der Waals surface area contributed by atoms with Gasteiger partial charge in [-0.25, -0.2) is 4.79 Å². The minimum atomic E-state index is -0.793. The van der Waals surface area contributed by atoms with Gasteiger partial charge in [0.1, 0.15) is 12.1 Å². The summed E-state index contributed by atoms with van der Waals surface area (Å²) in [5.74, 6) is -0.673. The van der Waals surface area contributed by atoms with Gasteiger partial charge in [-0.3, -0.25) is 14.5 Å². The molecule has 1 saturated heterocycles. The van der Waals surface area contributed by atoms with E-state index in [0.717, 1.165) is 29.7 Å². The fraction of sp³-hybridized carbons (Fsp3) is 0.471. The number of nitrogens with one attached hydrogen (secondary N) is 2. The highest BCUT2D eigenvalue weighted by Crippen LogP contribution is 2.33. The Morgan fingerprint density at radius 2 is 1.80 bits per heavy atom. The maximum absolute atomic E-state index is 12.6. The van der Waals surface area contributed by atoms with Crippen LogP contribution in [0.3, 0.4) is 0 Å². The smallest absolute Gasteiger partial charge is 0.325 e. The zero-order valence-electron chi connectivity index (χ0n) is 13.9. The second kappa shape index (κ2) is 7.84. The Bertz CT molecular complexity index is 656. The lowest BCUT2D eigenvalue weighted by Crippen LogP contribution is -2.48. The lowest BCUT2D eigenvalue weighted by Gasteiger charge is -2.30. The Hall–Kier alpha value is -2.12. The maximum atomic E-state index is 12.6. The van der Waals surface area contributed by atoms with Crippen LogP contribution in [0.25, 0.3) is 0 Å². The molecule has 1 aliphatic heterocycles. The summed E-state index contributed by atoms with van der Waals surface area (Å²) in [6, 6.07) is 6.65. The third-order valence-electron chi connectivity index (χ3n) is 4.73. The number of benzene rings is 1. The number of carbonyl (C=O) groups is 3. The van der Waals surface area contributed by atoms with Gasteiger partial charge in [-0.05, 0) is 30.5 Å². The summed E-state index contributed by atoms with van der Waals surface area (Å²) in [5.41, 5.74) is 6.31. The molecule has 0 unspecified atom stereocenters. The number of nitrogens with two attached hydrogens (primary N) is 1. The highest BCUT2D eigenvalue weighted by molar-refractivity contribution is 6.10. The van der Waals surface area contributed by atoms with E-state index < -0.39 is 17.5 Å². The number of anilines is 1. The summed E-state index contributed by atoms with van der Waals surface area (Å²) in [7, 11) is 0. The van der Waals surface area contributed by atoms with Gasteiger partial charge in [-0.2, -0.15) is 0 Å². The number of hydrogen-bond acceptors (Lipinski definition) is 4. The lowest BCUT2D eigenvalue weighted by atomic mass is 9.82. The van der Waals surface area contributed by atoms with Gasteiger partial charge < -0.3 is 16.4 Å². The van der Waals surface area contributed by atoms with Crippen molar-refractivity contribution in [1.82, 2.24) is 10.2 Å². The van der Waals surface area contributed by atoms with Gasteiger partial charge in [0.25, 0.3) is 5.91 Å². The number of urea groups is 1. The summed E-state index contributed by atoms with van der Waals surface area (Å²) in [5, 5.41) is 5.50. The van der Waals surface area contributed by atoms with Gasteiger partial charge in [0, 0.05) is 12.2 Å². The molecule has 4 amide bonds. The van der Waals surface area contributed by atoms with Crippen LogP contribution < -0.4 is 16.4 Å². The van der Waals surface area contributed by atoms with E-state index in [2.05, 4.69) is 10.6 Å². The fourth-order valence-electron chi connectivity index (χ4n) is 3.38. The average molecular weight is 367 g/mol. The Labute approximate surface area is 152 Å². The number of hydrogen-bond donors (Lipinski definition) is 3. The number of amides is 4. The van der Waals surface area contributed by atoms with E-state index in [9.17, 15) is 14.4 Å². The Morgan fingerprint density at radius 3 is 2.40 bits per heavy atom. The fourth-order valence-corrected chi connectivity index (χ4v) is 3.38. The molecule has 1 aliphatic carbocycles. The van der Waals surface area contributed by atoms with Crippen molar-refractivity contribution < 1.29 is 14.4 Å². The summed E-state index contributed by atoms with van der Waals surface area (Å²) in [4.78, 5) is 37.9. The van der Waals surface area contributed by atoms with Gasteiger partial charge in [0.2, 0.25) is 5.91 Å². The SMILES string of the molecule is Cl.NCc1ccc(NC(=O)CN2C(=O)NC3(CCCCC3)C2=O)cc1. The molecule has 2 fully saturated rings. The Balaban J connectivity index is 0.00000225. The second-order valence-electron chi connectivity index (χ2n) is 6.41. The standard InChI is InChI=1S/C17H22N4O3.ClH/c18-10-12-4-6-13(7-5-12)19-14(22)11-21-15(23)17(20-16(21)24)8-2-1-3-9-17;/h4-7H,1-3,8-11,18H2,(H,19,22)(H,20,24);1H. The van der Waals surface area contributed by atoms with E-state index in [0.29, 0.717) is 25.1 Å². The monoisotopic (exact) mass is 366 g/mol. The molecule has 0 radical (unpaired) electrons. The predicted octanol–water partition coefficient (Wildman–Crippen LogP) is 1.76. The van der Waals surface area contributed by atoms with Gasteiger partial charge >= 0.3 is 6.03 Å². The number of carbonyl (C=O) groups excluding carboxylic acids is 3. The molecule has 1 heterocycles. The molecule has 1 saturated carbocycles. The largest absolute Gasteiger partial charge is 0.326 e. The summed E-state index contributed by atoms with van der Waals surface area (Å²) < 4.78 is 0.